The Balaban J connectivity index is 2.05. The number of hydrogen-bond acceptors (Lipinski definition) is 3. The summed E-state index contributed by atoms with van der Waals surface area (Å²) in [5, 5.41) is 12.3. The molecule has 0 aliphatic heterocycles. The van der Waals surface area contributed by atoms with E-state index in [1.165, 1.54) is 0 Å². The summed E-state index contributed by atoms with van der Waals surface area (Å²) >= 11 is 0. The Labute approximate surface area is 116 Å². The van der Waals surface area contributed by atoms with Gasteiger partial charge in [-0.1, -0.05) is 6.07 Å². The summed E-state index contributed by atoms with van der Waals surface area (Å²) in [5.41, 5.74) is 1.38. The molecular weight excluding hydrogens is 256 g/mol. The fraction of sp³-hybridized carbons (Fsp3) is 0.267. The molecule has 0 aliphatic rings. The minimum Gasteiger partial charge on any atom is -0.481 e. The highest BCUT2D eigenvalue weighted by atomic mass is 16.4. The van der Waals surface area contributed by atoms with Crippen LogP contribution in [0.1, 0.15) is 30.1 Å². The van der Waals surface area contributed by atoms with Crippen LogP contribution in [0, 0.1) is 0 Å². The number of pyridine rings is 1. The number of hydrogen-bond donors (Lipinski definition) is 2. The fourth-order valence-corrected chi connectivity index (χ4v) is 1.94. The van der Waals surface area contributed by atoms with Gasteiger partial charge < -0.3 is 10.4 Å². The smallest absolute Gasteiger partial charge is 0.303 e. The lowest BCUT2D eigenvalue weighted by Gasteiger charge is -2.13. The van der Waals surface area contributed by atoms with E-state index in [9.17, 15) is 9.59 Å². The van der Waals surface area contributed by atoms with Crippen molar-refractivity contribution in [1.29, 1.82) is 0 Å². The van der Waals surface area contributed by atoms with Crippen LogP contribution < -0.4 is 5.32 Å². The van der Waals surface area contributed by atoms with E-state index in [4.69, 9.17) is 5.11 Å². The molecular formula is C15H16N2O3. The number of nitrogens with one attached hydrogen (secondary N) is 1. The predicted molar refractivity (Wildman–Crippen MR) is 75.5 cm³/mol. The van der Waals surface area contributed by atoms with E-state index < -0.39 is 5.97 Å². The second-order valence-corrected chi connectivity index (χ2v) is 4.72. The molecule has 1 amide bonds. The molecule has 1 aromatic heterocycles. The van der Waals surface area contributed by atoms with Crippen molar-refractivity contribution >= 4 is 22.8 Å². The number of benzene rings is 1. The summed E-state index contributed by atoms with van der Waals surface area (Å²) < 4.78 is 0. The molecule has 2 aromatic rings. The third-order valence-electron chi connectivity index (χ3n) is 3.03. The zero-order valence-corrected chi connectivity index (χ0v) is 11.2. The molecule has 1 aromatic carbocycles. The predicted octanol–water partition coefficient (Wildman–Crippen LogP) is 2.22. The molecule has 1 unspecified atom stereocenters. The molecule has 0 bridgehead atoms. The molecule has 0 fully saturated rings. The van der Waals surface area contributed by atoms with E-state index in [2.05, 4.69) is 10.3 Å². The Hall–Kier alpha value is -2.43. The lowest BCUT2D eigenvalue weighted by Crippen LogP contribution is -2.32. The van der Waals surface area contributed by atoms with Gasteiger partial charge >= 0.3 is 5.97 Å². The van der Waals surface area contributed by atoms with Crippen LogP contribution in [0.4, 0.5) is 0 Å². The minimum absolute atomic E-state index is 0.0447. The number of aliphatic carboxylic acids is 1. The van der Waals surface area contributed by atoms with Crippen LogP contribution in [0.2, 0.25) is 0 Å². The molecule has 2 rings (SSSR count). The molecule has 2 N–H and O–H groups in total. The van der Waals surface area contributed by atoms with Gasteiger partial charge in [0.25, 0.3) is 5.91 Å². The molecule has 1 heterocycles. The van der Waals surface area contributed by atoms with Crippen LogP contribution in [0.25, 0.3) is 10.9 Å². The van der Waals surface area contributed by atoms with E-state index in [0.29, 0.717) is 12.0 Å². The Morgan fingerprint density at radius 2 is 2.15 bits per heavy atom. The van der Waals surface area contributed by atoms with Gasteiger partial charge in [-0.05, 0) is 37.6 Å². The van der Waals surface area contributed by atoms with Gasteiger partial charge in [0, 0.05) is 29.6 Å². The minimum atomic E-state index is -0.858. The van der Waals surface area contributed by atoms with Gasteiger partial charge in [-0.25, -0.2) is 0 Å². The van der Waals surface area contributed by atoms with Crippen LogP contribution in [0.3, 0.4) is 0 Å². The second-order valence-electron chi connectivity index (χ2n) is 4.72. The first-order valence-corrected chi connectivity index (χ1v) is 6.43. The zero-order chi connectivity index (χ0) is 14.5. The highest BCUT2D eigenvalue weighted by Gasteiger charge is 2.11. The van der Waals surface area contributed by atoms with E-state index in [0.717, 1.165) is 10.9 Å². The van der Waals surface area contributed by atoms with Crippen molar-refractivity contribution in [3.63, 3.8) is 0 Å². The lowest BCUT2D eigenvalue weighted by molar-refractivity contribution is -0.137. The Morgan fingerprint density at radius 1 is 1.35 bits per heavy atom. The van der Waals surface area contributed by atoms with Crippen molar-refractivity contribution in [2.75, 3.05) is 0 Å². The first kappa shape index (κ1) is 14.0. The standard InChI is InChI=1S/C15H16N2O3/c1-10(4-7-14(18)19)17-15(20)12-5-6-13-11(9-12)3-2-8-16-13/h2-3,5-6,8-10H,4,7H2,1H3,(H,17,20)(H,18,19). The maximum absolute atomic E-state index is 12.1. The zero-order valence-electron chi connectivity index (χ0n) is 11.2. The van der Waals surface area contributed by atoms with Crippen molar-refractivity contribution in [1.82, 2.24) is 10.3 Å². The van der Waals surface area contributed by atoms with Gasteiger partial charge in [0.05, 0.1) is 5.52 Å². The Morgan fingerprint density at radius 3 is 2.90 bits per heavy atom. The summed E-state index contributed by atoms with van der Waals surface area (Å²) in [6, 6.07) is 8.83. The monoisotopic (exact) mass is 272 g/mol. The van der Waals surface area contributed by atoms with Gasteiger partial charge in [-0.2, -0.15) is 0 Å². The van der Waals surface area contributed by atoms with Crippen LogP contribution in [-0.2, 0) is 4.79 Å². The maximum atomic E-state index is 12.1. The number of carboxylic acids is 1. The fourth-order valence-electron chi connectivity index (χ4n) is 1.94. The lowest BCUT2D eigenvalue weighted by atomic mass is 10.1. The van der Waals surface area contributed by atoms with E-state index >= 15 is 0 Å². The van der Waals surface area contributed by atoms with E-state index in [1.54, 1.807) is 31.3 Å². The number of fused-ring (bicyclic) bond motifs is 1. The molecule has 0 saturated carbocycles. The topological polar surface area (TPSA) is 79.3 Å². The quantitative estimate of drug-likeness (QED) is 0.874. The van der Waals surface area contributed by atoms with Crippen LogP contribution in [-0.4, -0.2) is 28.0 Å². The first-order chi connectivity index (χ1) is 9.56. The highest BCUT2D eigenvalue weighted by Crippen LogP contribution is 2.13. The molecule has 1 atom stereocenters. The number of nitrogens with zero attached hydrogens (tertiary/aromatic N) is 1. The summed E-state index contributed by atoms with van der Waals surface area (Å²) in [4.78, 5) is 26.7. The molecule has 0 radical (unpaired) electrons. The maximum Gasteiger partial charge on any atom is 0.303 e. The average molecular weight is 272 g/mol. The Kier molecular flexibility index (Phi) is 4.30. The van der Waals surface area contributed by atoms with E-state index in [1.807, 2.05) is 12.1 Å². The number of carboxylic acid groups (broad SMARTS) is 1. The van der Waals surface area contributed by atoms with Crippen molar-refractivity contribution in [2.24, 2.45) is 0 Å². The summed E-state index contributed by atoms with van der Waals surface area (Å²) in [5.74, 6) is -1.06. The second kappa shape index (κ2) is 6.14. The van der Waals surface area contributed by atoms with Crippen molar-refractivity contribution < 1.29 is 14.7 Å². The third kappa shape index (κ3) is 3.54. The van der Waals surface area contributed by atoms with Crippen molar-refractivity contribution in [3.8, 4) is 0 Å². The van der Waals surface area contributed by atoms with Crippen LogP contribution in [0.5, 0.6) is 0 Å². The van der Waals surface area contributed by atoms with Crippen LogP contribution in [0.15, 0.2) is 36.5 Å². The largest absolute Gasteiger partial charge is 0.481 e. The summed E-state index contributed by atoms with van der Waals surface area (Å²) in [6.07, 6.45) is 2.16. The average Bonchev–Trinajstić information content (AvgIpc) is 2.44. The highest BCUT2D eigenvalue weighted by molar-refractivity contribution is 5.98. The third-order valence-corrected chi connectivity index (χ3v) is 3.03. The molecule has 5 heteroatoms. The normalized spacial score (nSPS) is 12.1. The molecule has 0 aliphatic carbocycles. The van der Waals surface area contributed by atoms with E-state index in [-0.39, 0.29) is 18.4 Å². The van der Waals surface area contributed by atoms with Gasteiger partial charge in [0.15, 0.2) is 0 Å². The molecule has 20 heavy (non-hydrogen) atoms. The molecule has 104 valence electrons. The number of carbonyl (C=O) groups excluding carboxylic acids is 1. The molecule has 0 spiro atoms. The van der Waals surface area contributed by atoms with Gasteiger partial charge in [-0.15, -0.1) is 0 Å². The van der Waals surface area contributed by atoms with Crippen molar-refractivity contribution in [2.45, 2.75) is 25.8 Å². The SMILES string of the molecule is CC(CCC(=O)O)NC(=O)c1ccc2ncccc2c1. The molecule has 0 saturated heterocycles. The summed E-state index contributed by atoms with van der Waals surface area (Å²) in [6.45, 7) is 1.80. The van der Waals surface area contributed by atoms with Crippen molar-refractivity contribution in [3.05, 3.63) is 42.1 Å². The first-order valence-electron chi connectivity index (χ1n) is 6.43. The van der Waals surface area contributed by atoms with Crippen LogP contribution >= 0.6 is 0 Å². The Bertz CT molecular complexity index is 640. The number of rotatable bonds is 5. The van der Waals surface area contributed by atoms with Gasteiger partial charge in [0.2, 0.25) is 0 Å². The molecule has 5 nitrogen and oxygen atoms in total. The number of carbonyl (C=O) groups is 2. The number of amides is 1. The summed E-state index contributed by atoms with van der Waals surface area (Å²) in [7, 11) is 0. The van der Waals surface area contributed by atoms with Gasteiger partial charge in [0.1, 0.15) is 0 Å². The van der Waals surface area contributed by atoms with Gasteiger partial charge in [-0.3, -0.25) is 14.6 Å². The number of aromatic nitrogens is 1.